The van der Waals surface area contributed by atoms with Gasteiger partial charge in [-0.15, -0.1) is 0 Å². The van der Waals surface area contributed by atoms with E-state index in [4.69, 9.17) is 11.6 Å². The van der Waals surface area contributed by atoms with Crippen molar-refractivity contribution in [2.75, 3.05) is 6.61 Å². The lowest BCUT2D eigenvalue weighted by atomic mass is 10.0. The van der Waals surface area contributed by atoms with Gasteiger partial charge >= 0.3 is 0 Å². The van der Waals surface area contributed by atoms with Gasteiger partial charge in [-0.1, -0.05) is 30.7 Å². The number of aliphatic hydroxyl groups is 1. The number of hydrogen-bond donors (Lipinski definition) is 1. The number of aliphatic hydroxyl groups excluding tert-OH is 1. The van der Waals surface area contributed by atoms with Crippen LogP contribution in [0.25, 0.3) is 10.9 Å². The molecule has 0 aliphatic heterocycles. The molecule has 0 saturated carbocycles. The lowest BCUT2D eigenvalue weighted by molar-refractivity contribution is 0.112. The zero-order chi connectivity index (χ0) is 20.4. The number of hydrogen-bond acceptors (Lipinski definition) is 3. The maximum atomic E-state index is 14.8. The van der Waals surface area contributed by atoms with Crippen LogP contribution in [0.1, 0.15) is 40.9 Å². The summed E-state index contributed by atoms with van der Waals surface area (Å²) in [5.41, 5.74) is -0.0612. The molecule has 0 aliphatic carbocycles. The average Bonchev–Trinajstić information content (AvgIpc) is 2.69. The summed E-state index contributed by atoms with van der Waals surface area (Å²) in [5, 5.41) is 9.68. The number of carbonyl (C=O) groups is 1. The summed E-state index contributed by atoms with van der Waals surface area (Å²) in [6.07, 6.45) is 2.18. The first-order valence-corrected chi connectivity index (χ1v) is 9.15. The maximum Gasteiger partial charge on any atom is 0.199 e. The Hall–Kier alpha value is -2.57. The van der Waals surface area contributed by atoms with Gasteiger partial charge in [0.1, 0.15) is 11.6 Å². The van der Waals surface area contributed by atoms with Crippen LogP contribution in [0.4, 0.5) is 8.78 Å². The molecule has 1 aromatic heterocycles. The second-order valence-electron chi connectivity index (χ2n) is 6.53. The summed E-state index contributed by atoms with van der Waals surface area (Å²) in [4.78, 5) is 24.0. The molecule has 0 radical (unpaired) electrons. The predicted molar refractivity (Wildman–Crippen MR) is 104 cm³/mol. The van der Waals surface area contributed by atoms with Gasteiger partial charge in [0.2, 0.25) is 0 Å². The molecule has 0 aliphatic rings. The number of fused-ring (bicyclic) bond motifs is 1. The standard InChI is InChI=1S/C21H18ClF2NO3/c1-2-15(11-27)25-9-14(10-26)21(28)16-7-13(18(23)8-19(16)25)6-12-4-3-5-17(22)20(12)24/h3-5,7-10,15,27H,2,6,11H2,1H3/t15-/m0/s1. The van der Waals surface area contributed by atoms with Gasteiger partial charge in [-0.3, -0.25) is 9.59 Å². The van der Waals surface area contributed by atoms with Crippen LogP contribution in [0.15, 0.2) is 41.3 Å². The van der Waals surface area contributed by atoms with E-state index in [0.29, 0.717) is 12.7 Å². The molecule has 0 bridgehead atoms. The third-order valence-corrected chi connectivity index (χ3v) is 5.13. The van der Waals surface area contributed by atoms with E-state index in [2.05, 4.69) is 0 Å². The van der Waals surface area contributed by atoms with Crippen LogP contribution >= 0.6 is 11.6 Å². The number of carbonyl (C=O) groups excluding carboxylic acids is 1. The van der Waals surface area contributed by atoms with Crippen molar-refractivity contribution in [3.8, 4) is 0 Å². The molecule has 0 amide bonds. The predicted octanol–water partition coefficient (Wildman–Crippen LogP) is 4.28. The Morgan fingerprint density at radius 3 is 2.64 bits per heavy atom. The molecule has 0 spiro atoms. The van der Waals surface area contributed by atoms with Crippen LogP contribution in [0.3, 0.4) is 0 Å². The number of aromatic nitrogens is 1. The van der Waals surface area contributed by atoms with E-state index in [1.807, 2.05) is 6.92 Å². The Bertz CT molecular complexity index is 1110. The first-order valence-electron chi connectivity index (χ1n) is 8.77. The van der Waals surface area contributed by atoms with Crippen LogP contribution in [-0.2, 0) is 6.42 Å². The van der Waals surface area contributed by atoms with Crippen LogP contribution in [0.2, 0.25) is 5.02 Å². The Labute approximate surface area is 165 Å². The maximum absolute atomic E-state index is 14.8. The van der Waals surface area contributed by atoms with Crippen molar-refractivity contribution in [1.29, 1.82) is 0 Å². The Morgan fingerprint density at radius 2 is 2.00 bits per heavy atom. The molecule has 28 heavy (non-hydrogen) atoms. The lowest BCUT2D eigenvalue weighted by Gasteiger charge is -2.20. The molecule has 0 unspecified atom stereocenters. The van der Waals surface area contributed by atoms with Crippen LogP contribution in [0.5, 0.6) is 0 Å². The number of benzene rings is 2. The van der Waals surface area contributed by atoms with Crippen molar-refractivity contribution in [2.24, 2.45) is 0 Å². The monoisotopic (exact) mass is 405 g/mol. The number of aldehydes is 1. The summed E-state index contributed by atoms with van der Waals surface area (Å²) in [6.45, 7) is 1.60. The summed E-state index contributed by atoms with van der Waals surface area (Å²) in [5.74, 6) is -1.26. The highest BCUT2D eigenvalue weighted by molar-refractivity contribution is 6.30. The summed E-state index contributed by atoms with van der Waals surface area (Å²) in [7, 11) is 0. The molecule has 2 aromatic carbocycles. The molecular formula is C21H18ClF2NO3. The highest BCUT2D eigenvalue weighted by Gasteiger charge is 2.18. The van der Waals surface area contributed by atoms with E-state index >= 15 is 0 Å². The van der Waals surface area contributed by atoms with E-state index in [0.717, 1.165) is 0 Å². The molecule has 3 aromatic rings. The lowest BCUT2D eigenvalue weighted by Crippen LogP contribution is -2.20. The van der Waals surface area contributed by atoms with Crippen LogP contribution in [0, 0.1) is 11.6 Å². The molecule has 0 fully saturated rings. The normalized spacial score (nSPS) is 12.3. The third-order valence-electron chi connectivity index (χ3n) is 4.84. The molecule has 1 heterocycles. The minimum atomic E-state index is -0.644. The topological polar surface area (TPSA) is 59.3 Å². The summed E-state index contributed by atoms with van der Waals surface area (Å²) in [6, 6.07) is 6.54. The summed E-state index contributed by atoms with van der Waals surface area (Å²) < 4.78 is 30.5. The third kappa shape index (κ3) is 3.57. The number of pyridine rings is 1. The average molecular weight is 406 g/mol. The second kappa shape index (κ2) is 8.20. The minimum Gasteiger partial charge on any atom is -0.394 e. The van der Waals surface area contributed by atoms with Crippen molar-refractivity contribution >= 4 is 28.8 Å². The fraction of sp³-hybridized carbons (Fsp3) is 0.238. The number of halogens is 3. The largest absolute Gasteiger partial charge is 0.394 e. The van der Waals surface area contributed by atoms with E-state index < -0.39 is 23.1 Å². The molecule has 1 atom stereocenters. The van der Waals surface area contributed by atoms with Gasteiger partial charge in [-0.25, -0.2) is 8.78 Å². The molecule has 146 valence electrons. The van der Waals surface area contributed by atoms with Gasteiger partial charge in [-0.2, -0.15) is 0 Å². The first-order chi connectivity index (χ1) is 13.4. The van der Waals surface area contributed by atoms with E-state index in [9.17, 15) is 23.5 Å². The molecule has 4 nitrogen and oxygen atoms in total. The fourth-order valence-corrected chi connectivity index (χ4v) is 3.46. The molecule has 0 saturated heterocycles. The van der Waals surface area contributed by atoms with E-state index in [1.165, 1.54) is 35.0 Å². The zero-order valence-corrected chi connectivity index (χ0v) is 15.8. The smallest absolute Gasteiger partial charge is 0.199 e. The first kappa shape index (κ1) is 20.2. The van der Waals surface area contributed by atoms with E-state index in [-0.39, 0.29) is 45.6 Å². The molecular weight excluding hydrogens is 388 g/mol. The number of rotatable bonds is 6. The molecule has 3 rings (SSSR count). The van der Waals surface area contributed by atoms with Crippen molar-refractivity contribution in [3.63, 3.8) is 0 Å². The van der Waals surface area contributed by atoms with Crippen molar-refractivity contribution in [2.45, 2.75) is 25.8 Å². The SMILES string of the molecule is CC[C@@H](CO)n1cc(C=O)c(=O)c2cc(Cc3cccc(Cl)c3F)c(F)cc21. The van der Waals surface area contributed by atoms with Gasteiger partial charge in [0.05, 0.1) is 28.8 Å². The van der Waals surface area contributed by atoms with Gasteiger partial charge in [-0.05, 0) is 35.7 Å². The van der Waals surface area contributed by atoms with Gasteiger partial charge < -0.3 is 9.67 Å². The van der Waals surface area contributed by atoms with Crippen LogP contribution < -0.4 is 5.43 Å². The highest BCUT2D eigenvalue weighted by Crippen LogP contribution is 2.26. The number of nitrogens with zero attached hydrogens (tertiary/aromatic N) is 1. The molecule has 1 N–H and O–H groups in total. The van der Waals surface area contributed by atoms with E-state index in [1.54, 1.807) is 6.07 Å². The van der Waals surface area contributed by atoms with Gasteiger partial charge in [0.15, 0.2) is 11.7 Å². The van der Waals surface area contributed by atoms with Gasteiger partial charge in [0.25, 0.3) is 0 Å². The van der Waals surface area contributed by atoms with Crippen LogP contribution in [-0.4, -0.2) is 22.6 Å². The van der Waals surface area contributed by atoms with Crippen molar-refractivity contribution in [1.82, 2.24) is 4.57 Å². The van der Waals surface area contributed by atoms with Gasteiger partial charge in [0, 0.05) is 18.0 Å². The fourth-order valence-electron chi connectivity index (χ4n) is 3.26. The highest BCUT2D eigenvalue weighted by atomic mass is 35.5. The zero-order valence-electron chi connectivity index (χ0n) is 15.1. The van der Waals surface area contributed by atoms with Crippen molar-refractivity contribution < 1.29 is 18.7 Å². The second-order valence-corrected chi connectivity index (χ2v) is 6.94. The Balaban J connectivity index is 2.24. The quantitative estimate of drug-likeness (QED) is 0.623. The summed E-state index contributed by atoms with van der Waals surface area (Å²) >= 11 is 5.78. The Kier molecular flexibility index (Phi) is 5.91. The molecule has 7 heteroatoms. The van der Waals surface area contributed by atoms with Crippen molar-refractivity contribution in [3.05, 3.63) is 80.1 Å². The minimum absolute atomic E-state index is 0.0713. The Morgan fingerprint density at radius 1 is 1.25 bits per heavy atom.